The van der Waals surface area contributed by atoms with E-state index in [0.717, 1.165) is 5.56 Å². The first kappa shape index (κ1) is 12.9. The third-order valence-electron chi connectivity index (χ3n) is 3.16. The Balaban J connectivity index is 2.94. The number of carbonyl (C=O) groups excluding carboxylic acids is 1. The zero-order valence-corrected chi connectivity index (χ0v) is 10.8. The fourth-order valence-corrected chi connectivity index (χ4v) is 1.62. The van der Waals surface area contributed by atoms with Crippen LogP contribution in [0.3, 0.4) is 0 Å². The van der Waals surface area contributed by atoms with Crippen LogP contribution >= 0.6 is 0 Å². The van der Waals surface area contributed by atoms with Gasteiger partial charge >= 0.3 is 0 Å². The first-order valence-electron chi connectivity index (χ1n) is 5.52. The Hall–Kier alpha value is -1.15. The lowest BCUT2D eigenvalue weighted by Gasteiger charge is -2.22. The van der Waals surface area contributed by atoms with Gasteiger partial charge in [-0.3, -0.25) is 4.79 Å². The number of ether oxygens (including phenoxy) is 1. The minimum Gasteiger partial charge on any atom is -0.371 e. The monoisotopic (exact) mass is 220 g/mol. The molecule has 2 heteroatoms. The fourth-order valence-electron chi connectivity index (χ4n) is 1.62. The van der Waals surface area contributed by atoms with Gasteiger partial charge in [0.15, 0.2) is 5.78 Å². The van der Waals surface area contributed by atoms with Gasteiger partial charge in [0.2, 0.25) is 0 Å². The lowest BCUT2D eigenvalue weighted by atomic mass is 9.92. The van der Waals surface area contributed by atoms with Crippen molar-refractivity contribution in [1.82, 2.24) is 0 Å². The molecule has 0 aliphatic rings. The third kappa shape index (κ3) is 2.70. The Morgan fingerprint density at radius 2 is 1.75 bits per heavy atom. The van der Waals surface area contributed by atoms with Crippen molar-refractivity contribution in [3.63, 3.8) is 0 Å². The maximum absolute atomic E-state index is 12.0. The summed E-state index contributed by atoms with van der Waals surface area (Å²) in [6, 6.07) is 6.09. The standard InChI is InChI=1S/C14H20O2/c1-10-7-6-8-11(2)12(10)9-13(15)14(3,4)16-5/h6-8H,9H2,1-5H3. The highest BCUT2D eigenvalue weighted by molar-refractivity contribution is 5.88. The van der Waals surface area contributed by atoms with Crippen molar-refractivity contribution in [2.45, 2.75) is 39.7 Å². The van der Waals surface area contributed by atoms with Gasteiger partial charge in [0.1, 0.15) is 5.60 Å². The molecule has 1 aromatic rings. The second kappa shape index (κ2) is 4.79. The molecular formula is C14H20O2. The zero-order valence-electron chi connectivity index (χ0n) is 10.8. The molecule has 0 heterocycles. The highest BCUT2D eigenvalue weighted by atomic mass is 16.5. The van der Waals surface area contributed by atoms with Crippen LogP contribution in [0.15, 0.2) is 18.2 Å². The van der Waals surface area contributed by atoms with E-state index in [1.165, 1.54) is 11.1 Å². The van der Waals surface area contributed by atoms with Gasteiger partial charge in [0.05, 0.1) is 0 Å². The second-order valence-corrected chi connectivity index (χ2v) is 4.68. The van der Waals surface area contributed by atoms with E-state index in [9.17, 15) is 4.79 Å². The topological polar surface area (TPSA) is 26.3 Å². The van der Waals surface area contributed by atoms with Crippen LogP contribution < -0.4 is 0 Å². The molecule has 1 rings (SSSR count). The Bertz CT molecular complexity index is 371. The van der Waals surface area contributed by atoms with E-state index in [1.807, 2.05) is 45.9 Å². The summed E-state index contributed by atoms with van der Waals surface area (Å²) in [6.45, 7) is 7.69. The summed E-state index contributed by atoms with van der Waals surface area (Å²) in [5.41, 5.74) is 2.76. The molecule has 88 valence electrons. The van der Waals surface area contributed by atoms with Gasteiger partial charge in [-0.2, -0.15) is 0 Å². The van der Waals surface area contributed by atoms with E-state index in [1.54, 1.807) is 7.11 Å². The number of ketones is 1. The summed E-state index contributed by atoms with van der Waals surface area (Å²) < 4.78 is 5.20. The first-order chi connectivity index (χ1) is 7.38. The summed E-state index contributed by atoms with van der Waals surface area (Å²) >= 11 is 0. The number of carbonyl (C=O) groups is 1. The van der Waals surface area contributed by atoms with Crippen molar-refractivity contribution in [1.29, 1.82) is 0 Å². The second-order valence-electron chi connectivity index (χ2n) is 4.68. The van der Waals surface area contributed by atoms with E-state index in [2.05, 4.69) is 0 Å². The highest BCUT2D eigenvalue weighted by Crippen LogP contribution is 2.18. The van der Waals surface area contributed by atoms with Crippen LogP contribution in [-0.4, -0.2) is 18.5 Å². The van der Waals surface area contributed by atoms with Crippen molar-refractivity contribution in [2.24, 2.45) is 0 Å². The molecule has 0 fully saturated rings. The number of methoxy groups -OCH3 is 1. The molecule has 0 radical (unpaired) electrons. The van der Waals surface area contributed by atoms with Crippen molar-refractivity contribution < 1.29 is 9.53 Å². The van der Waals surface area contributed by atoms with Crippen LogP contribution in [0.2, 0.25) is 0 Å². The van der Waals surface area contributed by atoms with Crippen molar-refractivity contribution in [3.8, 4) is 0 Å². The average molecular weight is 220 g/mol. The maximum Gasteiger partial charge on any atom is 0.168 e. The van der Waals surface area contributed by atoms with Gasteiger partial charge in [-0.1, -0.05) is 18.2 Å². The van der Waals surface area contributed by atoms with Crippen LogP contribution in [0.25, 0.3) is 0 Å². The first-order valence-corrected chi connectivity index (χ1v) is 5.52. The van der Waals surface area contributed by atoms with Crippen LogP contribution in [-0.2, 0) is 16.0 Å². The predicted molar refractivity (Wildman–Crippen MR) is 65.7 cm³/mol. The molecule has 2 nitrogen and oxygen atoms in total. The number of hydrogen-bond donors (Lipinski definition) is 0. The molecule has 0 atom stereocenters. The minimum absolute atomic E-state index is 0.118. The third-order valence-corrected chi connectivity index (χ3v) is 3.16. The molecule has 16 heavy (non-hydrogen) atoms. The lowest BCUT2D eigenvalue weighted by molar-refractivity contribution is -0.136. The fraction of sp³-hybridized carbons (Fsp3) is 0.500. The van der Waals surface area contributed by atoms with Crippen LogP contribution in [0.1, 0.15) is 30.5 Å². The molecule has 0 spiro atoms. The largest absolute Gasteiger partial charge is 0.371 e. The molecule has 0 N–H and O–H groups in total. The highest BCUT2D eigenvalue weighted by Gasteiger charge is 2.27. The van der Waals surface area contributed by atoms with Crippen molar-refractivity contribution in [2.75, 3.05) is 7.11 Å². The molecule has 1 aromatic carbocycles. The van der Waals surface area contributed by atoms with Gasteiger partial charge in [0.25, 0.3) is 0 Å². The molecule has 0 amide bonds. The molecule has 0 aromatic heterocycles. The molecule has 0 unspecified atom stereocenters. The van der Waals surface area contributed by atoms with E-state index in [-0.39, 0.29) is 5.78 Å². The van der Waals surface area contributed by atoms with Gasteiger partial charge in [0, 0.05) is 13.5 Å². The SMILES string of the molecule is COC(C)(C)C(=O)Cc1c(C)cccc1C. The van der Waals surface area contributed by atoms with E-state index in [0.29, 0.717) is 6.42 Å². The maximum atomic E-state index is 12.0. The summed E-state index contributed by atoms with van der Waals surface area (Å²) in [5.74, 6) is 0.118. The molecule has 0 aliphatic heterocycles. The van der Waals surface area contributed by atoms with E-state index >= 15 is 0 Å². The molecule has 0 saturated carbocycles. The Labute approximate surface area is 97.6 Å². The predicted octanol–water partition coefficient (Wildman–Crippen LogP) is 2.84. The number of rotatable bonds is 4. The Kier molecular flexibility index (Phi) is 3.87. The molecule has 0 saturated heterocycles. The minimum atomic E-state index is -0.700. The zero-order chi connectivity index (χ0) is 12.3. The Morgan fingerprint density at radius 1 is 1.25 bits per heavy atom. The number of benzene rings is 1. The summed E-state index contributed by atoms with van der Waals surface area (Å²) in [4.78, 5) is 12.0. The van der Waals surface area contributed by atoms with Gasteiger partial charge in [-0.05, 0) is 44.4 Å². The normalized spacial score (nSPS) is 11.6. The number of aryl methyl sites for hydroxylation is 2. The van der Waals surface area contributed by atoms with Crippen molar-refractivity contribution in [3.05, 3.63) is 34.9 Å². The quantitative estimate of drug-likeness (QED) is 0.780. The lowest BCUT2D eigenvalue weighted by Crippen LogP contribution is -2.35. The van der Waals surface area contributed by atoms with Gasteiger partial charge in [-0.25, -0.2) is 0 Å². The van der Waals surface area contributed by atoms with Gasteiger partial charge < -0.3 is 4.74 Å². The summed E-state index contributed by atoms with van der Waals surface area (Å²) in [7, 11) is 1.57. The van der Waals surface area contributed by atoms with Crippen LogP contribution in [0.4, 0.5) is 0 Å². The van der Waals surface area contributed by atoms with E-state index in [4.69, 9.17) is 4.74 Å². The molecule has 0 aliphatic carbocycles. The van der Waals surface area contributed by atoms with Crippen LogP contribution in [0.5, 0.6) is 0 Å². The number of hydrogen-bond acceptors (Lipinski definition) is 2. The van der Waals surface area contributed by atoms with E-state index < -0.39 is 5.60 Å². The molecular weight excluding hydrogens is 200 g/mol. The van der Waals surface area contributed by atoms with Gasteiger partial charge in [-0.15, -0.1) is 0 Å². The molecule has 0 bridgehead atoms. The average Bonchev–Trinajstić information content (AvgIpc) is 2.23. The smallest absolute Gasteiger partial charge is 0.168 e. The Morgan fingerprint density at radius 3 is 2.19 bits per heavy atom. The van der Waals surface area contributed by atoms with Crippen LogP contribution in [0, 0.1) is 13.8 Å². The van der Waals surface area contributed by atoms with Crippen molar-refractivity contribution >= 4 is 5.78 Å². The summed E-state index contributed by atoms with van der Waals surface area (Å²) in [6.07, 6.45) is 0.444. The number of Topliss-reactive ketones (excluding diaryl/α,β-unsaturated/α-hetero) is 1. The summed E-state index contributed by atoms with van der Waals surface area (Å²) in [5, 5.41) is 0.